The zero-order valence-corrected chi connectivity index (χ0v) is 21.5. The van der Waals surface area contributed by atoms with Gasteiger partial charge in [-0.1, -0.05) is 42.8 Å². The van der Waals surface area contributed by atoms with Crippen molar-refractivity contribution in [2.45, 2.75) is 79.4 Å². The normalized spacial score (nSPS) is 12.5. The molecule has 0 radical (unpaired) electrons. The van der Waals surface area contributed by atoms with E-state index in [2.05, 4.69) is 11.4 Å². The molecule has 0 saturated carbocycles. The molecule has 0 unspecified atom stereocenters. The van der Waals surface area contributed by atoms with E-state index in [1.165, 1.54) is 0 Å². The molecular weight excluding hydrogens is 428 g/mol. The van der Waals surface area contributed by atoms with Gasteiger partial charge in [-0.3, -0.25) is 9.59 Å². The number of benzene rings is 2. The molecule has 1 N–H and O–H groups in total. The fourth-order valence-corrected chi connectivity index (χ4v) is 3.70. The van der Waals surface area contributed by atoms with E-state index in [0.717, 1.165) is 23.1 Å². The van der Waals surface area contributed by atoms with E-state index in [9.17, 15) is 9.59 Å². The third-order valence-electron chi connectivity index (χ3n) is 5.84. The predicted octanol–water partition coefficient (Wildman–Crippen LogP) is 5.06. The minimum absolute atomic E-state index is 0.0554. The van der Waals surface area contributed by atoms with E-state index in [4.69, 9.17) is 9.47 Å². The van der Waals surface area contributed by atoms with Crippen LogP contribution in [0.5, 0.6) is 11.5 Å². The first-order valence-corrected chi connectivity index (χ1v) is 12.3. The van der Waals surface area contributed by atoms with Crippen molar-refractivity contribution in [1.82, 2.24) is 10.2 Å². The molecule has 2 aromatic carbocycles. The maximum absolute atomic E-state index is 13.4. The quantitative estimate of drug-likeness (QED) is 0.446. The molecule has 0 bridgehead atoms. The number of carbonyl (C=O) groups is 2. The van der Waals surface area contributed by atoms with Gasteiger partial charge in [0.2, 0.25) is 11.8 Å². The lowest BCUT2D eigenvalue weighted by atomic mass is 10.1. The number of ether oxygens (including phenoxy) is 2. The highest BCUT2D eigenvalue weighted by Crippen LogP contribution is 2.29. The van der Waals surface area contributed by atoms with Crippen LogP contribution in [-0.2, 0) is 22.6 Å². The number of hydrogen-bond acceptors (Lipinski definition) is 4. The van der Waals surface area contributed by atoms with Crippen molar-refractivity contribution in [3.05, 3.63) is 59.2 Å². The summed E-state index contributed by atoms with van der Waals surface area (Å²) in [6, 6.07) is 13.3. The molecule has 2 amide bonds. The van der Waals surface area contributed by atoms with Crippen LogP contribution in [0.25, 0.3) is 0 Å². The second-order valence-corrected chi connectivity index (χ2v) is 8.65. The molecule has 6 nitrogen and oxygen atoms in total. The van der Waals surface area contributed by atoms with Gasteiger partial charge in [0.05, 0.1) is 13.2 Å². The Balaban J connectivity index is 2.18. The Morgan fingerprint density at radius 1 is 0.941 bits per heavy atom. The Morgan fingerprint density at radius 3 is 2.29 bits per heavy atom. The van der Waals surface area contributed by atoms with Crippen LogP contribution in [0.15, 0.2) is 42.5 Å². The van der Waals surface area contributed by atoms with Crippen molar-refractivity contribution >= 4 is 11.8 Å². The molecule has 0 aliphatic heterocycles. The summed E-state index contributed by atoms with van der Waals surface area (Å²) in [4.78, 5) is 27.9. The van der Waals surface area contributed by atoms with Gasteiger partial charge in [-0.15, -0.1) is 0 Å². The van der Waals surface area contributed by atoms with Crippen LogP contribution in [0, 0.1) is 6.92 Å². The number of aryl methyl sites for hydroxylation is 2. The number of hydrogen-bond donors (Lipinski definition) is 1. The van der Waals surface area contributed by atoms with Crippen LogP contribution in [0.2, 0.25) is 0 Å². The van der Waals surface area contributed by atoms with Gasteiger partial charge in [0.25, 0.3) is 0 Å². The third kappa shape index (κ3) is 8.08. The van der Waals surface area contributed by atoms with Crippen molar-refractivity contribution in [3.8, 4) is 11.5 Å². The van der Waals surface area contributed by atoms with Crippen LogP contribution in [0.1, 0.15) is 64.2 Å². The van der Waals surface area contributed by atoms with E-state index < -0.39 is 6.04 Å². The van der Waals surface area contributed by atoms with E-state index in [1.807, 2.05) is 71.0 Å². The van der Waals surface area contributed by atoms with Crippen LogP contribution in [-0.4, -0.2) is 42.0 Å². The maximum atomic E-state index is 13.4. The molecule has 0 saturated heterocycles. The molecule has 2 aromatic rings. The van der Waals surface area contributed by atoms with Gasteiger partial charge in [0.15, 0.2) is 11.5 Å². The van der Waals surface area contributed by atoms with Crippen molar-refractivity contribution < 1.29 is 19.1 Å². The Kier molecular flexibility index (Phi) is 10.9. The molecule has 2 atom stereocenters. The number of carbonyl (C=O) groups excluding carboxylic acids is 2. The average Bonchev–Trinajstić information content (AvgIpc) is 2.82. The van der Waals surface area contributed by atoms with E-state index in [-0.39, 0.29) is 17.9 Å². The van der Waals surface area contributed by atoms with Gasteiger partial charge in [-0.2, -0.15) is 0 Å². The van der Waals surface area contributed by atoms with Crippen molar-refractivity contribution in [2.75, 3.05) is 13.2 Å². The summed E-state index contributed by atoms with van der Waals surface area (Å²) in [7, 11) is 0. The summed E-state index contributed by atoms with van der Waals surface area (Å²) in [6.07, 6.45) is 1.69. The van der Waals surface area contributed by atoms with Gasteiger partial charge in [-0.25, -0.2) is 0 Å². The first-order valence-electron chi connectivity index (χ1n) is 12.3. The second kappa shape index (κ2) is 13.6. The lowest BCUT2D eigenvalue weighted by molar-refractivity contribution is -0.140. The molecule has 0 heterocycles. The fourth-order valence-electron chi connectivity index (χ4n) is 3.70. The molecule has 0 aromatic heterocycles. The molecule has 0 aliphatic rings. The number of rotatable bonds is 13. The Bertz CT molecular complexity index is 944. The third-order valence-corrected chi connectivity index (χ3v) is 5.84. The average molecular weight is 469 g/mol. The van der Waals surface area contributed by atoms with Crippen molar-refractivity contribution in [3.63, 3.8) is 0 Å². The van der Waals surface area contributed by atoms with Gasteiger partial charge in [-0.05, 0) is 70.7 Å². The van der Waals surface area contributed by atoms with Crippen molar-refractivity contribution in [1.29, 1.82) is 0 Å². The molecular formula is C28H40N2O4. The predicted molar refractivity (Wildman–Crippen MR) is 136 cm³/mol. The first kappa shape index (κ1) is 27.2. The largest absolute Gasteiger partial charge is 0.490 e. The van der Waals surface area contributed by atoms with E-state index >= 15 is 0 Å². The minimum Gasteiger partial charge on any atom is -0.490 e. The summed E-state index contributed by atoms with van der Waals surface area (Å²) in [5, 5.41) is 3.01. The van der Waals surface area contributed by atoms with Crippen LogP contribution in [0.3, 0.4) is 0 Å². The van der Waals surface area contributed by atoms with Gasteiger partial charge in [0, 0.05) is 19.0 Å². The second-order valence-electron chi connectivity index (χ2n) is 8.65. The summed E-state index contributed by atoms with van der Waals surface area (Å²) in [6.45, 7) is 13.2. The minimum atomic E-state index is -0.568. The Morgan fingerprint density at radius 2 is 1.65 bits per heavy atom. The van der Waals surface area contributed by atoms with Gasteiger partial charge < -0.3 is 19.7 Å². The van der Waals surface area contributed by atoms with E-state index in [0.29, 0.717) is 44.1 Å². The Labute approximate surface area is 204 Å². The maximum Gasteiger partial charge on any atom is 0.242 e. The molecule has 0 aliphatic carbocycles. The molecule has 2 rings (SSSR count). The smallest absolute Gasteiger partial charge is 0.242 e. The molecule has 0 spiro atoms. The Hall–Kier alpha value is -3.02. The summed E-state index contributed by atoms with van der Waals surface area (Å²) in [5.41, 5.74) is 3.13. The van der Waals surface area contributed by atoms with Crippen LogP contribution >= 0.6 is 0 Å². The monoisotopic (exact) mass is 468 g/mol. The zero-order valence-electron chi connectivity index (χ0n) is 21.5. The van der Waals surface area contributed by atoms with Gasteiger partial charge >= 0.3 is 0 Å². The first-order chi connectivity index (χ1) is 16.3. The van der Waals surface area contributed by atoms with Crippen LogP contribution < -0.4 is 14.8 Å². The van der Waals surface area contributed by atoms with Gasteiger partial charge in [0.1, 0.15) is 6.04 Å². The number of nitrogens with one attached hydrogen (secondary N) is 1. The lowest BCUT2D eigenvalue weighted by Crippen LogP contribution is -2.49. The number of nitrogens with zero attached hydrogens (tertiary/aromatic N) is 1. The SMILES string of the molecule is CCOc1ccc(CCC(=O)N(Cc2cccc(C)c2)[C@@H](C)C(=O)N[C@H](C)CC)cc1OCC. The molecule has 186 valence electrons. The lowest BCUT2D eigenvalue weighted by Gasteiger charge is -2.30. The molecule has 34 heavy (non-hydrogen) atoms. The standard InChI is InChI=1S/C28H40N2O4/c1-7-21(5)29-28(32)22(6)30(19-24-12-10-11-20(4)17-24)27(31)16-14-23-13-15-25(33-8-2)26(18-23)34-9-3/h10-13,15,17-18,21-22H,7-9,14,16,19H2,1-6H3,(H,29,32)/t21-,22+/m1/s1. The zero-order chi connectivity index (χ0) is 25.1. The topological polar surface area (TPSA) is 67.9 Å². The highest BCUT2D eigenvalue weighted by Gasteiger charge is 2.26. The fraction of sp³-hybridized carbons (Fsp3) is 0.500. The molecule has 0 fully saturated rings. The highest BCUT2D eigenvalue weighted by molar-refractivity contribution is 5.87. The van der Waals surface area contributed by atoms with Crippen molar-refractivity contribution in [2.24, 2.45) is 0 Å². The summed E-state index contributed by atoms with van der Waals surface area (Å²) in [5.74, 6) is 1.21. The van der Waals surface area contributed by atoms with E-state index in [1.54, 1.807) is 11.8 Å². The number of amides is 2. The van der Waals surface area contributed by atoms with Crippen LogP contribution in [0.4, 0.5) is 0 Å². The molecule has 6 heteroatoms. The summed E-state index contributed by atoms with van der Waals surface area (Å²) < 4.78 is 11.4. The highest BCUT2D eigenvalue weighted by atomic mass is 16.5. The summed E-state index contributed by atoms with van der Waals surface area (Å²) >= 11 is 0.